The summed E-state index contributed by atoms with van der Waals surface area (Å²) >= 11 is 0. The molecule has 2 heterocycles. The van der Waals surface area contributed by atoms with Crippen molar-refractivity contribution in [2.45, 2.75) is 45.1 Å². The van der Waals surface area contributed by atoms with E-state index in [0.29, 0.717) is 31.8 Å². The van der Waals surface area contributed by atoms with Gasteiger partial charge in [-0.1, -0.05) is 32.0 Å². The Morgan fingerprint density at radius 1 is 1.23 bits per heavy atom. The number of rotatable bonds is 5. The highest BCUT2D eigenvalue weighted by Gasteiger charge is 2.31. The molecule has 2 fully saturated rings. The number of aliphatic imine (C=N–C) groups is 1. The van der Waals surface area contributed by atoms with E-state index >= 15 is 0 Å². The molecule has 168 valence electrons. The Balaban J connectivity index is 0.00000320. The van der Waals surface area contributed by atoms with E-state index in [-0.39, 0.29) is 41.8 Å². The van der Waals surface area contributed by atoms with Crippen molar-refractivity contribution in [2.24, 2.45) is 4.99 Å². The monoisotopic (exact) mass is 532 g/mol. The van der Waals surface area contributed by atoms with Gasteiger partial charge in [-0.25, -0.2) is 4.39 Å². The van der Waals surface area contributed by atoms with Crippen LogP contribution in [0.5, 0.6) is 0 Å². The minimum Gasteiger partial charge on any atom is -0.368 e. The average molecular weight is 532 g/mol. The highest BCUT2D eigenvalue weighted by molar-refractivity contribution is 14.0. The Hall–Kier alpha value is -1.42. The summed E-state index contributed by atoms with van der Waals surface area (Å²) in [4.78, 5) is 21.4. The van der Waals surface area contributed by atoms with Crippen LogP contribution in [0.15, 0.2) is 29.3 Å². The second-order valence-electron chi connectivity index (χ2n) is 8.35. The first kappa shape index (κ1) is 24.8. The van der Waals surface area contributed by atoms with Crippen LogP contribution in [0.4, 0.5) is 4.39 Å². The number of nitrogens with zero attached hydrogens (tertiary/aromatic N) is 3. The van der Waals surface area contributed by atoms with Gasteiger partial charge in [-0.05, 0) is 31.4 Å². The van der Waals surface area contributed by atoms with Gasteiger partial charge in [0.1, 0.15) is 11.9 Å². The van der Waals surface area contributed by atoms with Crippen LogP contribution in [0.25, 0.3) is 0 Å². The Kier molecular flexibility index (Phi) is 9.33. The number of piperazine rings is 1. The summed E-state index contributed by atoms with van der Waals surface area (Å²) in [6.45, 7) is 10.8. The summed E-state index contributed by atoms with van der Waals surface area (Å²) in [5.41, 5.74) is 0.260. The van der Waals surface area contributed by atoms with E-state index in [2.05, 4.69) is 10.2 Å². The molecule has 2 aliphatic rings. The number of carbonyl (C=O) groups is 1. The molecule has 0 aromatic heterocycles. The van der Waals surface area contributed by atoms with E-state index in [4.69, 9.17) is 9.73 Å². The molecule has 0 bridgehead atoms. The largest absolute Gasteiger partial charge is 0.368 e. The maximum atomic E-state index is 14.2. The quantitative estimate of drug-likeness (QED) is 0.360. The normalized spacial score (nSPS) is 20.1. The summed E-state index contributed by atoms with van der Waals surface area (Å²) in [6, 6.07) is 6.89. The first-order valence-corrected chi connectivity index (χ1v) is 10.6. The van der Waals surface area contributed by atoms with Crippen LogP contribution in [0.1, 0.15) is 39.2 Å². The van der Waals surface area contributed by atoms with E-state index in [1.807, 2.05) is 37.8 Å². The van der Waals surface area contributed by atoms with Crippen molar-refractivity contribution in [1.82, 2.24) is 15.1 Å². The molecule has 1 atom stereocenters. The number of guanidine groups is 1. The maximum Gasteiger partial charge on any atom is 0.251 e. The Morgan fingerprint density at radius 2 is 1.90 bits per heavy atom. The van der Waals surface area contributed by atoms with Gasteiger partial charge in [0.25, 0.3) is 5.91 Å². The van der Waals surface area contributed by atoms with E-state index in [1.165, 1.54) is 6.07 Å². The number of hydrogen-bond donors (Lipinski definition) is 1. The summed E-state index contributed by atoms with van der Waals surface area (Å²) < 4.78 is 19.8. The van der Waals surface area contributed by atoms with Crippen molar-refractivity contribution in [3.05, 3.63) is 35.6 Å². The van der Waals surface area contributed by atoms with Crippen LogP contribution >= 0.6 is 24.0 Å². The maximum absolute atomic E-state index is 14.2. The number of halogens is 2. The molecule has 1 amide bonds. The van der Waals surface area contributed by atoms with Crippen molar-refractivity contribution in [2.75, 3.05) is 45.9 Å². The molecule has 1 N–H and O–H groups in total. The van der Waals surface area contributed by atoms with Crippen LogP contribution in [0, 0.1) is 5.82 Å². The molecular formula is C22H34FIN4O2. The van der Waals surface area contributed by atoms with E-state index in [1.54, 1.807) is 6.07 Å². The zero-order chi connectivity index (χ0) is 20.9. The summed E-state index contributed by atoms with van der Waals surface area (Å²) in [5.74, 6) is 0.741. The number of amides is 1. The predicted octanol–water partition coefficient (Wildman–Crippen LogP) is 3.01. The Labute approximate surface area is 196 Å². The molecule has 6 nitrogen and oxygen atoms in total. The molecule has 2 aliphatic heterocycles. The van der Waals surface area contributed by atoms with Crippen molar-refractivity contribution < 1.29 is 13.9 Å². The van der Waals surface area contributed by atoms with Crippen molar-refractivity contribution in [3.63, 3.8) is 0 Å². The van der Waals surface area contributed by atoms with Gasteiger partial charge in [0.2, 0.25) is 0 Å². The fourth-order valence-corrected chi connectivity index (χ4v) is 3.91. The van der Waals surface area contributed by atoms with Gasteiger partial charge in [0.15, 0.2) is 5.96 Å². The summed E-state index contributed by atoms with van der Waals surface area (Å²) in [5, 5.41) is 3.34. The van der Waals surface area contributed by atoms with Crippen LogP contribution in [0.2, 0.25) is 0 Å². The Bertz CT molecular complexity index is 730. The zero-order valence-corrected chi connectivity index (χ0v) is 20.5. The fraction of sp³-hybridized carbons (Fsp3) is 0.636. The molecule has 30 heavy (non-hydrogen) atoms. The van der Waals surface area contributed by atoms with Crippen LogP contribution in [0.3, 0.4) is 0 Å². The highest BCUT2D eigenvalue weighted by Crippen LogP contribution is 2.26. The molecule has 1 aromatic rings. The van der Waals surface area contributed by atoms with Gasteiger partial charge in [-0.2, -0.15) is 0 Å². The molecule has 1 aromatic carbocycles. The standard InChI is InChI=1S/C22H33FN4O2.HI/c1-4-24-21(25-16-22(2,3)17-8-5-6-9-18(17)23)27-13-11-26(12-14-27)20(28)19-10-7-15-29-19;/h5-6,8-9,19H,4,7,10-16H2,1-3H3,(H,24,25);1H. The van der Waals surface area contributed by atoms with Crippen LogP contribution in [-0.4, -0.2) is 73.6 Å². The van der Waals surface area contributed by atoms with Gasteiger partial charge in [-0.3, -0.25) is 9.79 Å². The minimum atomic E-state index is -0.413. The molecule has 3 rings (SSSR count). The highest BCUT2D eigenvalue weighted by atomic mass is 127. The number of benzene rings is 1. The predicted molar refractivity (Wildman–Crippen MR) is 128 cm³/mol. The molecule has 8 heteroatoms. The van der Waals surface area contributed by atoms with Crippen LogP contribution < -0.4 is 5.32 Å². The van der Waals surface area contributed by atoms with E-state index < -0.39 is 5.41 Å². The first-order valence-electron chi connectivity index (χ1n) is 10.6. The molecule has 0 aliphatic carbocycles. The lowest BCUT2D eigenvalue weighted by Crippen LogP contribution is -2.55. The van der Waals surface area contributed by atoms with E-state index in [9.17, 15) is 9.18 Å². The second-order valence-corrected chi connectivity index (χ2v) is 8.35. The zero-order valence-electron chi connectivity index (χ0n) is 18.2. The SMILES string of the molecule is CCNC(=NCC(C)(C)c1ccccc1F)N1CCN(C(=O)C2CCCO2)CC1.I. The topological polar surface area (TPSA) is 57.2 Å². The van der Waals surface area contributed by atoms with Gasteiger partial charge in [0, 0.05) is 44.7 Å². The number of nitrogens with one attached hydrogen (secondary N) is 1. The number of carbonyl (C=O) groups excluding carboxylic acids is 1. The molecular weight excluding hydrogens is 498 g/mol. The summed E-state index contributed by atoms with van der Waals surface area (Å²) in [6.07, 6.45) is 1.53. The Morgan fingerprint density at radius 3 is 2.50 bits per heavy atom. The average Bonchev–Trinajstić information content (AvgIpc) is 3.26. The minimum absolute atomic E-state index is 0. The van der Waals surface area contributed by atoms with E-state index in [0.717, 1.165) is 38.4 Å². The third-order valence-corrected chi connectivity index (χ3v) is 5.66. The lowest BCUT2D eigenvalue weighted by atomic mass is 9.84. The van der Waals surface area contributed by atoms with Gasteiger partial charge >= 0.3 is 0 Å². The number of ether oxygens (including phenoxy) is 1. The van der Waals surface area contributed by atoms with Crippen LogP contribution in [-0.2, 0) is 14.9 Å². The number of hydrogen-bond acceptors (Lipinski definition) is 3. The first-order chi connectivity index (χ1) is 13.9. The third-order valence-electron chi connectivity index (χ3n) is 5.66. The molecule has 1 unspecified atom stereocenters. The second kappa shape index (κ2) is 11.3. The van der Waals surface area contributed by atoms with Crippen molar-refractivity contribution in [1.29, 1.82) is 0 Å². The lowest BCUT2D eigenvalue weighted by molar-refractivity contribution is -0.142. The smallest absolute Gasteiger partial charge is 0.251 e. The third kappa shape index (κ3) is 6.06. The van der Waals surface area contributed by atoms with Crippen molar-refractivity contribution in [3.8, 4) is 0 Å². The fourth-order valence-electron chi connectivity index (χ4n) is 3.91. The van der Waals surface area contributed by atoms with Gasteiger partial charge < -0.3 is 19.9 Å². The lowest BCUT2D eigenvalue weighted by Gasteiger charge is -2.37. The molecule has 0 radical (unpaired) electrons. The van der Waals surface area contributed by atoms with Crippen molar-refractivity contribution >= 4 is 35.8 Å². The molecule has 2 saturated heterocycles. The summed E-state index contributed by atoms with van der Waals surface area (Å²) in [7, 11) is 0. The van der Waals surface area contributed by atoms with Gasteiger partial charge in [-0.15, -0.1) is 24.0 Å². The molecule has 0 saturated carbocycles. The van der Waals surface area contributed by atoms with Gasteiger partial charge in [0.05, 0.1) is 6.54 Å². The molecule has 0 spiro atoms.